The second kappa shape index (κ2) is 3.01. The lowest BCUT2D eigenvalue weighted by Crippen LogP contribution is -2.36. The van der Waals surface area contributed by atoms with Crippen LogP contribution in [0.25, 0.3) is 0 Å². The monoisotopic (exact) mass is 143 g/mol. The van der Waals surface area contributed by atoms with Gasteiger partial charge in [-0.3, -0.25) is 4.79 Å². The summed E-state index contributed by atoms with van der Waals surface area (Å²) in [5.74, 6) is 0.182. The third-order valence-electron chi connectivity index (χ3n) is 1.91. The van der Waals surface area contributed by atoms with Gasteiger partial charge in [-0.1, -0.05) is 0 Å². The molecule has 1 aliphatic rings. The standard InChI is InChI=1S/C7H13NO2/c1-6(5-9)8-4-2-3-7(8)10/h6,9H,2-5H2,1H3/t6-/m0/s1. The van der Waals surface area contributed by atoms with Crippen LogP contribution in [0.4, 0.5) is 0 Å². The fourth-order valence-corrected chi connectivity index (χ4v) is 1.23. The van der Waals surface area contributed by atoms with Gasteiger partial charge in [0.15, 0.2) is 0 Å². The normalized spacial score (nSPS) is 21.8. The van der Waals surface area contributed by atoms with Gasteiger partial charge in [-0.2, -0.15) is 0 Å². The third-order valence-corrected chi connectivity index (χ3v) is 1.91. The second-order valence-electron chi connectivity index (χ2n) is 2.72. The molecule has 1 fully saturated rings. The Morgan fingerprint density at radius 2 is 2.50 bits per heavy atom. The van der Waals surface area contributed by atoms with E-state index >= 15 is 0 Å². The Kier molecular flexibility index (Phi) is 2.27. The van der Waals surface area contributed by atoms with Gasteiger partial charge in [-0.05, 0) is 13.3 Å². The number of carbonyl (C=O) groups is 1. The zero-order valence-electron chi connectivity index (χ0n) is 6.21. The summed E-state index contributed by atoms with van der Waals surface area (Å²) in [7, 11) is 0. The maximum absolute atomic E-state index is 11.0. The molecular formula is C7H13NO2. The van der Waals surface area contributed by atoms with Gasteiger partial charge in [0.25, 0.3) is 0 Å². The molecule has 0 radical (unpaired) electrons. The van der Waals surface area contributed by atoms with Gasteiger partial charge in [-0.15, -0.1) is 0 Å². The highest BCUT2D eigenvalue weighted by Gasteiger charge is 2.23. The lowest BCUT2D eigenvalue weighted by atomic mass is 10.3. The molecule has 1 heterocycles. The van der Waals surface area contributed by atoms with Gasteiger partial charge in [0.2, 0.25) is 5.91 Å². The van der Waals surface area contributed by atoms with Crippen molar-refractivity contribution in [2.45, 2.75) is 25.8 Å². The molecule has 0 aliphatic carbocycles. The van der Waals surface area contributed by atoms with Gasteiger partial charge < -0.3 is 10.0 Å². The number of amides is 1. The number of carbonyl (C=O) groups excluding carboxylic acids is 1. The molecular weight excluding hydrogens is 130 g/mol. The number of aliphatic hydroxyl groups excluding tert-OH is 1. The first-order valence-corrected chi connectivity index (χ1v) is 3.66. The van der Waals surface area contributed by atoms with Crippen LogP contribution in [-0.2, 0) is 4.79 Å². The molecule has 1 N–H and O–H groups in total. The predicted octanol–water partition coefficient (Wildman–Crippen LogP) is -0.0104. The van der Waals surface area contributed by atoms with Crippen molar-refractivity contribution in [3.8, 4) is 0 Å². The van der Waals surface area contributed by atoms with Crippen molar-refractivity contribution in [2.75, 3.05) is 13.2 Å². The zero-order chi connectivity index (χ0) is 7.56. The lowest BCUT2D eigenvalue weighted by molar-refractivity contribution is -0.130. The molecule has 0 aromatic heterocycles. The van der Waals surface area contributed by atoms with Gasteiger partial charge in [0.1, 0.15) is 0 Å². The van der Waals surface area contributed by atoms with Gasteiger partial charge in [0.05, 0.1) is 12.6 Å². The van der Waals surface area contributed by atoms with Crippen molar-refractivity contribution in [3.63, 3.8) is 0 Å². The van der Waals surface area contributed by atoms with Crippen LogP contribution in [0, 0.1) is 0 Å². The average Bonchev–Trinajstić information content (AvgIpc) is 2.34. The Labute approximate surface area is 60.6 Å². The largest absolute Gasteiger partial charge is 0.394 e. The maximum Gasteiger partial charge on any atom is 0.222 e. The molecule has 3 nitrogen and oxygen atoms in total. The summed E-state index contributed by atoms with van der Waals surface area (Å²) in [5.41, 5.74) is 0. The SMILES string of the molecule is C[C@@H](CO)N1CCCC1=O. The number of hydrogen-bond donors (Lipinski definition) is 1. The van der Waals surface area contributed by atoms with Gasteiger partial charge >= 0.3 is 0 Å². The molecule has 3 heteroatoms. The summed E-state index contributed by atoms with van der Waals surface area (Å²) in [6.07, 6.45) is 1.60. The van der Waals surface area contributed by atoms with E-state index in [4.69, 9.17) is 5.11 Å². The highest BCUT2D eigenvalue weighted by Crippen LogP contribution is 2.12. The highest BCUT2D eigenvalue weighted by atomic mass is 16.3. The highest BCUT2D eigenvalue weighted by molar-refractivity contribution is 5.78. The molecule has 0 aromatic rings. The molecule has 0 bridgehead atoms. The number of hydrogen-bond acceptors (Lipinski definition) is 2. The fourth-order valence-electron chi connectivity index (χ4n) is 1.23. The third kappa shape index (κ3) is 1.29. The fraction of sp³-hybridized carbons (Fsp3) is 0.857. The van der Waals surface area contributed by atoms with E-state index in [0.717, 1.165) is 13.0 Å². The van der Waals surface area contributed by atoms with Crippen molar-refractivity contribution < 1.29 is 9.90 Å². The summed E-state index contributed by atoms with van der Waals surface area (Å²) in [4.78, 5) is 12.7. The van der Waals surface area contributed by atoms with E-state index in [1.165, 1.54) is 0 Å². The van der Waals surface area contributed by atoms with Crippen LogP contribution in [0.15, 0.2) is 0 Å². The van der Waals surface area contributed by atoms with Gasteiger partial charge in [0, 0.05) is 13.0 Å². The van der Waals surface area contributed by atoms with Crippen LogP contribution in [-0.4, -0.2) is 35.1 Å². The topological polar surface area (TPSA) is 40.5 Å². The predicted molar refractivity (Wildman–Crippen MR) is 37.5 cm³/mol. The number of rotatable bonds is 2. The van der Waals surface area contributed by atoms with Crippen molar-refractivity contribution in [3.05, 3.63) is 0 Å². The summed E-state index contributed by atoms with van der Waals surface area (Å²) in [6, 6.07) is 0.00926. The number of nitrogens with zero attached hydrogens (tertiary/aromatic N) is 1. The number of aliphatic hydroxyl groups is 1. The molecule has 1 saturated heterocycles. The molecule has 0 saturated carbocycles. The molecule has 1 amide bonds. The Balaban J connectivity index is 2.46. The molecule has 1 atom stereocenters. The minimum Gasteiger partial charge on any atom is -0.394 e. The second-order valence-corrected chi connectivity index (χ2v) is 2.72. The van der Waals surface area contributed by atoms with Crippen molar-refractivity contribution in [2.24, 2.45) is 0 Å². The van der Waals surface area contributed by atoms with E-state index < -0.39 is 0 Å². The summed E-state index contributed by atoms with van der Waals surface area (Å²) < 4.78 is 0. The lowest BCUT2D eigenvalue weighted by Gasteiger charge is -2.21. The van der Waals surface area contributed by atoms with Crippen molar-refractivity contribution >= 4 is 5.91 Å². The Hall–Kier alpha value is -0.570. The van der Waals surface area contributed by atoms with Crippen LogP contribution in [0.5, 0.6) is 0 Å². The van der Waals surface area contributed by atoms with E-state index in [1.807, 2.05) is 6.92 Å². The first kappa shape index (κ1) is 7.54. The van der Waals surface area contributed by atoms with E-state index in [9.17, 15) is 4.79 Å². The van der Waals surface area contributed by atoms with Crippen molar-refractivity contribution in [1.82, 2.24) is 4.90 Å². The van der Waals surface area contributed by atoms with Crippen LogP contribution in [0.2, 0.25) is 0 Å². The van der Waals surface area contributed by atoms with Crippen LogP contribution >= 0.6 is 0 Å². The van der Waals surface area contributed by atoms with Gasteiger partial charge in [-0.25, -0.2) is 0 Å². The molecule has 10 heavy (non-hydrogen) atoms. The number of likely N-dealkylation sites (tertiary alicyclic amines) is 1. The van der Waals surface area contributed by atoms with Crippen LogP contribution in [0.1, 0.15) is 19.8 Å². The van der Waals surface area contributed by atoms with E-state index in [0.29, 0.717) is 6.42 Å². The minimum atomic E-state index is 0.00926. The van der Waals surface area contributed by atoms with Crippen LogP contribution in [0.3, 0.4) is 0 Å². The molecule has 1 rings (SSSR count). The Morgan fingerprint density at radius 3 is 2.90 bits per heavy atom. The Bertz CT molecular complexity index is 136. The van der Waals surface area contributed by atoms with E-state index in [1.54, 1.807) is 4.90 Å². The quantitative estimate of drug-likeness (QED) is 0.590. The maximum atomic E-state index is 11.0. The minimum absolute atomic E-state index is 0.00926. The molecule has 1 aliphatic heterocycles. The first-order chi connectivity index (χ1) is 4.75. The molecule has 0 unspecified atom stereocenters. The molecule has 58 valence electrons. The molecule has 0 aromatic carbocycles. The zero-order valence-corrected chi connectivity index (χ0v) is 6.21. The van der Waals surface area contributed by atoms with Crippen molar-refractivity contribution in [1.29, 1.82) is 0 Å². The summed E-state index contributed by atoms with van der Waals surface area (Å²) in [5, 5.41) is 8.72. The molecule has 0 spiro atoms. The smallest absolute Gasteiger partial charge is 0.222 e. The average molecular weight is 143 g/mol. The van der Waals surface area contributed by atoms with E-state index in [-0.39, 0.29) is 18.6 Å². The van der Waals surface area contributed by atoms with E-state index in [2.05, 4.69) is 0 Å². The van der Waals surface area contributed by atoms with Crippen LogP contribution < -0.4 is 0 Å². The summed E-state index contributed by atoms with van der Waals surface area (Å²) >= 11 is 0. The first-order valence-electron chi connectivity index (χ1n) is 3.66. The Morgan fingerprint density at radius 1 is 1.80 bits per heavy atom. The summed E-state index contributed by atoms with van der Waals surface area (Å²) in [6.45, 7) is 2.76.